The number of hydrogen-bond acceptors (Lipinski definition) is 4. The molecule has 0 amide bonds. The van der Waals surface area contributed by atoms with E-state index in [9.17, 15) is 0 Å². The third kappa shape index (κ3) is 12.5. The average Bonchev–Trinajstić information content (AvgIpc) is 1.42. The molecule has 21 aromatic rings. The lowest BCUT2D eigenvalue weighted by Gasteiger charge is -2.47. The summed E-state index contributed by atoms with van der Waals surface area (Å²) in [5.74, 6) is 0. The van der Waals surface area contributed by atoms with Gasteiger partial charge < -0.3 is 18.9 Å². The zero-order chi connectivity index (χ0) is 84.3. The van der Waals surface area contributed by atoms with Gasteiger partial charge in [0.1, 0.15) is 0 Å². The molecule has 4 nitrogen and oxygen atoms in total. The van der Waals surface area contributed by atoms with Crippen molar-refractivity contribution in [1.29, 1.82) is 0 Å². The number of fused-ring (bicyclic) bond motifs is 12. The lowest BCUT2D eigenvalue weighted by molar-refractivity contribution is 0.590. The Morgan fingerprint density at radius 2 is 0.520 bits per heavy atom. The van der Waals surface area contributed by atoms with Gasteiger partial charge in [0, 0.05) is 97.1 Å². The second-order valence-corrected chi connectivity index (χ2v) is 39.2. The Labute approximate surface area is 739 Å². The topological polar surface area (TPSA) is 16.3 Å². The van der Waals surface area contributed by atoms with E-state index < -0.39 is 5.41 Å². The van der Waals surface area contributed by atoms with Crippen LogP contribution >= 0.6 is 22.7 Å². The van der Waals surface area contributed by atoms with E-state index in [1.807, 2.05) is 22.7 Å². The molecule has 6 heterocycles. The maximum Gasteiger partial charge on any atom is 0.252 e. The van der Waals surface area contributed by atoms with Gasteiger partial charge in [-0.2, -0.15) is 0 Å². The van der Waals surface area contributed by atoms with E-state index in [2.05, 4.69) is 469 Å². The summed E-state index contributed by atoms with van der Waals surface area (Å²) in [6, 6.07) is 149. The Kier molecular flexibility index (Phi) is 17.8. The molecule has 4 aromatic heterocycles. The molecule has 0 radical (unpaired) electrons. The summed E-state index contributed by atoms with van der Waals surface area (Å²) in [6.07, 6.45) is 0. The number of hydrogen-bond donors (Lipinski definition) is 0. The first kappa shape index (κ1) is 75.9. The minimum absolute atomic E-state index is 0.309. The van der Waals surface area contributed by atoms with Crippen LogP contribution in [0.5, 0.6) is 0 Å². The van der Waals surface area contributed by atoms with Gasteiger partial charge in [0.25, 0.3) is 6.71 Å². The van der Waals surface area contributed by atoms with Crippen molar-refractivity contribution in [3.63, 3.8) is 0 Å². The molecule has 0 unspecified atom stereocenters. The predicted molar refractivity (Wildman–Crippen MR) is 539 cm³/mol. The van der Waals surface area contributed by atoms with E-state index in [-0.39, 0.29) is 17.5 Å². The summed E-state index contributed by atoms with van der Waals surface area (Å²) in [6.45, 7) is 21.3. The van der Waals surface area contributed by atoms with E-state index >= 15 is 0 Å². The minimum atomic E-state index is -0.431. The minimum Gasteiger partial charge on any atom is -0.310 e. The largest absolute Gasteiger partial charge is 0.310 e. The first-order valence-corrected chi connectivity index (χ1v) is 45.4. The van der Waals surface area contributed by atoms with Gasteiger partial charge in [0.05, 0.1) is 33.4 Å². The van der Waals surface area contributed by atoms with Crippen LogP contribution in [-0.4, -0.2) is 15.8 Å². The van der Waals surface area contributed by atoms with Crippen LogP contribution in [-0.2, 0) is 16.2 Å². The molecular weight excluding hydrogens is 1550 g/mol. The highest BCUT2D eigenvalue weighted by Crippen LogP contribution is 2.59. The number of anilines is 6. The standard InChI is InChI=1S/C118H91BN4S2/c1-116(2,3)78-66-95(85-44-20-18-42-83(85)74-36-12-10-13-37-74)114(96(67-78)86-45-21-19-43-84(86)75-38-14-11-15-39-75)122-105-72-81(120-101-54-30-26-48-89(101)90-49-27-31-55-102(90)120)60-62-99(105)119-100-63-61-82(121-103-56-32-28-50-91(103)92-51-29-33-57-104(92)121)73-106(100)123(108-71-80(118(7,8)9)70-107(122)113(108)119)115-97(87-46-22-24-52-93(87)111-64-76-40-16-34-58-109(76)124-111)68-79(117(4,5)6)69-98(115)88-47-23-25-53-94(88)112-65-77-41-17-35-59-110(77)125-112/h10-73H,1-9H3. The number of thiophene rings is 2. The quantitative estimate of drug-likeness (QED) is 0.113. The summed E-state index contributed by atoms with van der Waals surface area (Å²) in [5.41, 5.74) is 35.9. The fourth-order valence-electron chi connectivity index (χ4n) is 20.3. The summed E-state index contributed by atoms with van der Waals surface area (Å²) in [7, 11) is 0. The molecule has 0 aliphatic carbocycles. The van der Waals surface area contributed by atoms with Crippen molar-refractivity contribution in [2.75, 3.05) is 9.80 Å². The van der Waals surface area contributed by atoms with Gasteiger partial charge in [0.2, 0.25) is 0 Å². The maximum atomic E-state index is 2.81. The Bertz CT molecular complexity index is 7500. The second kappa shape index (κ2) is 29.3. The van der Waals surface area contributed by atoms with E-state index in [0.29, 0.717) is 0 Å². The summed E-state index contributed by atoms with van der Waals surface area (Å²) in [4.78, 5) is 8.06. The maximum absolute atomic E-state index is 2.81. The highest BCUT2D eigenvalue weighted by atomic mass is 32.1. The molecule has 0 atom stereocenters. The van der Waals surface area contributed by atoms with Crippen LogP contribution in [0.25, 0.3) is 163 Å². The molecule has 17 aromatic carbocycles. The smallest absolute Gasteiger partial charge is 0.252 e. The Hall–Kier alpha value is -14.1. The lowest BCUT2D eigenvalue weighted by Crippen LogP contribution is -2.61. The number of rotatable bonds is 12. The number of benzene rings is 17. The SMILES string of the molecule is CC(C)(C)c1cc(-c2ccccc2-c2ccccc2)c(N2c3cc(-n4c5ccccc5c5ccccc54)ccc3B3c4ccc(-n5c6ccccc6c6ccccc65)cc4N(c4c(-c5ccccc5-c5cc6ccccc6s5)cc(C(C)(C)C)cc4-c4ccccc4-c4cc5ccccc5s4)c4cc(C(C)(C)C)cc2c43)c(-c2ccccc2-c2ccccc2)c1. The van der Waals surface area contributed by atoms with Crippen LogP contribution in [0.2, 0.25) is 0 Å². The van der Waals surface area contributed by atoms with Gasteiger partial charge in [-0.15, -0.1) is 22.7 Å². The van der Waals surface area contributed by atoms with E-state index in [1.54, 1.807) is 0 Å². The normalized spacial score (nSPS) is 12.8. The lowest BCUT2D eigenvalue weighted by atomic mass is 9.33. The van der Waals surface area contributed by atoms with Gasteiger partial charge >= 0.3 is 0 Å². The van der Waals surface area contributed by atoms with Crippen LogP contribution in [0.1, 0.15) is 79.0 Å². The fraction of sp³-hybridized carbons (Fsp3) is 0.102. The summed E-state index contributed by atoms with van der Waals surface area (Å²) in [5, 5.41) is 7.34. The second-order valence-electron chi connectivity index (χ2n) is 37.1. The molecule has 598 valence electrons. The zero-order valence-corrected chi connectivity index (χ0v) is 73.3. The molecule has 0 spiro atoms. The van der Waals surface area contributed by atoms with Crippen molar-refractivity contribution in [3.8, 4) is 99.0 Å². The van der Waals surface area contributed by atoms with Gasteiger partial charge in [-0.05, 0) is 225 Å². The first-order chi connectivity index (χ1) is 60.9. The number of para-hydroxylation sites is 4. The third-order valence-corrected chi connectivity index (χ3v) is 28.7. The van der Waals surface area contributed by atoms with Crippen molar-refractivity contribution in [2.24, 2.45) is 0 Å². The van der Waals surface area contributed by atoms with E-state index in [0.717, 1.165) is 134 Å². The summed E-state index contributed by atoms with van der Waals surface area (Å²) < 4.78 is 7.59. The van der Waals surface area contributed by atoms with Crippen LogP contribution in [0.4, 0.5) is 34.1 Å². The Balaban J connectivity index is 0.926. The molecule has 0 saturated heterocycles. The van der Waals surface area contributed by atoms with Crippen molar-refractivity contribution in [1.82, 2.24) is 9.13 Å². The van der Waals surface area contributed by atoms with Crippen molar-refractivity contribution in [2.45, 2.75) is 78.6 Å². The number of aromatic nitrogens is 2. The zero-order valence-electron chi connectivity index (χ0n) is 71.6. The van der Waals surface area contributed by atoms with Gasteiger partial charge in [0.15, 0.2) is 0 Å². The van der Waals surface area contributed by atoms with E-state index in [4.69, 9.17) is 0 Å². The van der Waals surface area contributed by atoms with Crippen LogP contribution in [0.3, 0.4) is 0 Å². The Morgan fingerprint density at radius 1 is 0.232 bits per heavy atom. The molecule has 7 heteroatoms. The molecule has 0 bridgehead atoms. The summed E-state index contributed by atoms with van der Waals surface area (Å²) >= 11 is 3.76. The van der Waals surface area contributed by atoms with Gasteiger partial charge in [-0.1, -0.05) is 341 Å². The Morgan fingerprint density at radius 3 is 0.864 bits per heavy atom. The third-order valence-electron chi connectivity index (χ3n) is 26.4. The molecular formula is C118H91BN4S2. The van der Waals surface area contributed by atoms with Crippen molar-refractivity contribution < 1.29 is 0 Å². The van der Waals surface area contributed by atoms with Crippen LogP contribution < -0.4 is 26.2 Å². The predicted octanol–water partition coefficient (Wildman–Crippen LogP) is 31.6. The van der Waals surface area contributed by atoms with Crippen LogP contribution in [0, 0.1) is 0 Å². The molecule has 2 aliphatic rings. The fourth-order valence-corrected chi connectivity index (χ4v) is 22.5. The highest BCUT2D eigenvalue weighted by molar-refractivity contribution is 7.22. The molecule has 0 fully saturated rings. The molecule has 23 rings (SSSR count). The first-order valence-electron chi connectivity index (χ1n) is 43.8. The van der Waals surface area contributed by atoms with Crippen molar-refractivity contribution >= 4 is 144 Å². The van der Waals surface area contributed by atoms with Crippen molar-refractivity contribution in [3.05, 3.63) is 405 Å². The molecule has 125 heavy (non-hydrogen) atoms. The van der Waals surface area contributed by atoms with Gasteiger partial charge in [-0.25, -0.2) is 0 Å². The van der Waals surface area contributed by atoms with Crippen LogP contribution in [0.15, 0.2) is 388 Å². The average molecular weight is 1640 g/mol. The number of nitrogens with zero attached hydrogens (tertiary/aromatic N) is 4. The monoisotopic (exact) mass is 1640 g/mol. The molecule has 0 N–H and O–H groups in total. The molecule has 2 aliphatic heterocycles. The highest BCUT2D eigenvalue weighted by Gasteiger charge is 2.47. The van der Waals surface area contributed by atoms with E-state index in [1.165, 1.54) is 95.7 Å². The molecule has 0 saturated carbocycles. The van der Waals surface area contributed by atoms with Gasteiger partial charge in [-0.3, -0.25) is 0 Å².